The van der Waals surface area contributed by atoms with E-state index < -0.39 is 11.6 Å². The summed E-state index contributed by atoms with van der Waals surface area (Å²) >= 11 is 5.87. The molecule has 0 saturated heterocycles. The van der Waals surface area contributed by atoms with Crippen molar-refractivity contribution in [3.05, 3.63) is 29.3 Å². The molecule has 5 nitrogen and oxygen atoms in total. The van der Waals surface area contributed by atoms with Crippen LogP contribution < -0.4 is 10.6 Å². The number of hydrogen-bond acceptors (Lipinski definition) is 3. The Morgan fingerprint density at radius 1 is 1.35 bits per heavy atom. The summed E-state index contributed by atoms with van der Waals surface area (Å²) in [6.07, 6.45) is 0. The predicted molar refractivity (Wildman–Crippen MR) is 66.2 cm³/mol. The molecular weight excluding hydrogens is 244 g/mol. The molecule has 1 rings (SSSR count). The summed E-state index contributed by atoms with van der Waals surface area (Å²) in [5, 5.41) is 23.5. The summed E-state index contributed by atoms with van der Waals surface area (Å²) < 4.78 is 0. The van der Waals surface area contributed by atoms with Gasteiger partial charge in [0, 0.05) is 0 Å². The van der Waals surface area contributed by atoms with Gasteiger partial charge in [0.2, 0.25) is 0 Å². The number of aliphatic hydroxyl groups excluding tert-OH is 2. The molecule has 0 aromatic heterocycles. The van der Waals surface area contributed by atoms with Gasteiger partial charge in [-0.3, -0.25) is 0 Å². The number of para-hydroxylation sites is 1. The highest BCUT2D eigenvalue weighted by Gasteiger charge is 2.24. The Bertz CT molecular complexity index is 394. The zero-order chi connectivity index (χ0) is 12.9. The van der Waals surface area contributed by atoms with E-state index in [1.807, 2.05) is 0 Å². The van der Waals surface area contributed by atoms with Gasteiger partial charge in [-0.15, -0.1) is 0 Å². The van der Waals surface area contributed by atoms with Gasteiger partial charge < -0.3 is 20.8 Å². The number of hydrogen-bond donors (Lipinski definition) is 4. The van der Waals surface area contributed by atoms with Crippen molar-refractivity contribution in [3.63, 3.8) is 0 Å². The Morgan fingerprint density at radius 3 is 2.47 bits per heavy atom. The van der Waals surface area contributed by atoms with Crippen LogP contribution in [0.1, 0.15) is 6.92 Å². The van der Waals surface area contributed by atoms with Crippen LogP contribution in [0.25, 0.3) is 0 Å². The number of nitrogens with one attached hydrogen (secondary N) is 2. The average Bonchev–Trinajstić information content (AvgIpc) is 2.32. The molecule has 0 aliphatic carbocycles. The Balaban J connectivity index is 2.65. The van der Waals surface area contributed by atoms with Crippen molar-refractivity contribution in [3.8, 4) is 0 Å². The normalized spacial score (nSPS) is 11.1. The third-order valence-electron chi connectivity index (χ3n) is 2.24. The second kappa shape index (κ2) is 5.86. The number of anilines is 1. The van der Waals surface area contributed by atoms with Crippen molar-refractivity contribution in [2.75, 3.05) is 18.5 Å². The molecule has 4 N–H and O–H groups in total. The Kier molecular flexibility index (Phi) is 4.74. The van der Waals surface area contributed by atoms with Gasteiger partial charge in [0.1, 0.15) is 0 Å². The van der Waals surface area contributed by atoms with Gasteiger partial charge >= 0.3 is 6.03 Å². The SMILES string of the molecule is CC(CO)(CO)NC(=O)Nc1ccccc1Cl. The van der Waals surface area contributed by atoms with E-state index in [1.54, 1.807) is 24.3 Å². The number of rotatable bonds is 4. The van der Waals surface area contributed by atoms with Crippen molar-refractivity contribution < 1.29 is 15.0 Å². The van der Waals surface area contributed by atoms with Crippen molar-refractivity contribution in [2.45, 2.75) is 12.5 Å². The molecular formula is C11H15ClN2O3. The van der Waals surface area contributed by atoms with Gasteiger partial charge in [-0.1, -0.05) is 23.7 Å². The van der Waals surface area contributed by atoms with Crippen LogP contribution in [-0.2, 0) is 0 Å². The number of carbonyl (C=O) groups is 1. The number of carbonyl (C=O) groups excluding carboxylic acids is 1. The zero-order valence-corrected chi connectivity index (χ0v) is 10.2. The molecule has 0 aliphatic rings. The Labute approximate surface area is 104 Å². The quantitative estimate of drug-likeness (QED) is 0.655. The highest BCUT2D eigenvalue weighted by molar-refractivity contribution is 6.33. The molecule has 94 valence electrons. The molecule has 0 atom stereocenters. The molecule has 1 aromatic carbocycles. The van der Waals surface area contributed by atoms with Crippen LogP contribution in [0.3, 0.4) is 0 Å². The molecule has 0 aliphatic heterocycles. The maximum absolute atomic E-state index is 11.6. The third kappa shape index (κ3) is 3.89. The fourth-order valence-corrected chi connectivity index (χ4v) is 1.30. The number of amides is 2. The molecule has 0 unspecified atom stereocenters. The Hall–Kier alpha value is -1.30. The largest absolute Gasteiger partial charge is 0.394 e. The number of urea groups is 1. The van der Waals surface area contributed by atoms with E-state index in [0.29, 0.717) is 10.7 Å². The lowest BCUT2D eigenvalue weighted by atomic mass is 10.1. The van der Waals surface area contributed by atoms with Crippen LogP contribution >= 0.6 is 11.6 Å². The van der Waals surface area contributed by atoms with Crippen LogP contribution in [0.5, 0.6) is 0 Å². The van der Waals surface area contributed by atoms with Gasteiger partial charge in [-0.2, -0.15) is 0 Å². The fourth-order valence-electron chi connectivity index (χ4n) is 1.12. The van der Waals surface area contributed by atoms with Crippen LogP contribution in [0, 0.1) is 0 Å². The molecule has 0 radical (unpaired) electrons. The molecule has 1 aromatic rings. The van der Waals surface area contributed by atoms with Crippen LogP contribution in [0.15, 0.2) is 24.3 Å². The van der Waals surface area contributed by atoms with Crippen molar-refractivity contribution in [1.29, 1.82) is 0 Å². The van der Waals surface area contributed by atoms with Crippen LogP contribution in [0.2, 0.25) is 5.02 Å². The van der Waals surface area contributed by atoms with E-state index >= 15 is 0 Å². The van der Waals surface area contributed by atoms with Crippen LogP contribution in [-0.4, -0.2) is 35.0 Å². The van der Waals surface area contributed by atoms with Gasteiger partial charge in [0.15, 0.2) is 0 Å². The van der Waals surface area contributed by atoms with E-state index in [9.17, 15) is 4.79 Å². The lowest BCUT2D eigenvalue weighted by Crippen LogP contribution is -2.53. The smallest absolute Gasteiger partial charge is 0.319 e. The summed E-state index contributed by atoms with van der Waals surface area (Å²) in [4.78, 5) is 11.6. The highest BCUT2D eigenvalue weighted by Crippen LogP contribution is 2.20. The molecule has 0 fully saturated rings. The van der Waals surface area contributed by atoms with E-state index in [2.05, 4.69) is 10.6 Å². The predicted octanol–water partition coefficient (Wildman–Crippen LogP) is 1.20. The van der Waals surface area contributed by atoms with Crippen molar-refractivity contribution in [2.24, 2.45) is 0 Å². The van der Waals surface area contributed by atoms with E-state index in [1.165, 1.54) is 6.92 Å². The second-order valence-electron chi connectivity index (χ2n) is 3.94. The van der Waals surface area contributed by atoms with Crippen LogP contribution in [0.4, 0.5) is 10.5 Å². The molecule has 6 heteroatoms. The summed E-state index contributed by atoms with van der Waals surface area (Å²) in [5.74, 6) is 0. The average molecular weight is 259 g/mol. The summed E-state index contributed by atoms with van der Waals surface area (Å²) in [7, 11) is 0. The first kappa shape index (κ1) is 13.8. The minimum Gasteiger partial charge on any atom is -0.394 e. The van der Waals surface area contributed by atoms with Gasteiger partial charge in [-0.25, -0.2) is 4.79 Å². The van der Waals surface area contributed by atoms with E-state index in [4.69, 9.17) is 21.8 Å². The molecule has 2 amide bonds. The van der Waals surface area contributed by atoms with E-state index in [0.717, 1.165) is 0 Å². The first-order valence-corrected chi connectivity index (χ1v) is 5.44. The fraction of sp³-hybridized carbons (Fsp3) is 0.364. The molecule has 0 heterocycles. The molecule has 0 saturated carbocycles. The molecule has 0 bridgehead atoms. The van der Waals surface area contributed by atoms with Crippen molar-refractivity contribution >= 4 is 23.3 Å². The number of benzene rings is 1. The summed E-state index contributed by atoms with van der Waals surface area (Å²) in [6, 6.07) is 6.24. The standard InChI is InChI=1S/C11H15ClN2O3/c1-11(6-15,7-16)14-10(17)13-9-5-3-2-4-8(9)12/h2-5,15-16H,6-7H2,1H3,(H2,13,14,17). The monoisotopic (exact) mass is 258 g/mol. The summed E-state index contributed by atoms with van der Waals surface area (Å²) in [5.41, 5.74) is -0.601. The minimum absolute atomic E-state index is 0.362. The lowest BCUT2D eigenvalue weighted by molar-refractivity contribution is 0.111. The molecule has 0 spiro atoms. The lowest BCUT2D eigenvalue weighted by Gasteiger charge is -2.26. The van der Waals surface area contributed by atoms with E-state index in [-0.39, 0.29) is 13.2 Å². The maximum Gasteiger partial charge on any atom is 0.319 e. The maximum atomic E-state index is 11.6. The topological polar surface area (TPSA) is 81.6 Å². The Morgan fingerprint density at radius 2 is 1.94 bits per heavy atom. The minimum atomic E-state index is -1.06. The van der Waals surface area contributed by atoms with Gasteiger partial charge in [-0.05, 0) is 19.1 Å². The summed E-state index contributed by atoms with van der Waals surface area (Å²) in [6.45, 7) is 0.804. The zero-order valence-electron chi connectivity index (χ0n) is 9.40. The van der Waals surface area contributed by atoms with Crippen molar-refractivity contribution in [1.82, 2.24) is 5.32 Å². The number of aliphatic hydroxyl groups is 2. The first-order chi connectivity index (χ1) is 8.00. The second-order valence-corrected chi connectivity index (χ2v) is 4.34. The highest BCUT2D eigenvalue weighted by atomic mass is 35.5. The third-order valence-corrected chi connectivity index (χ3v) is 2.56. The van der Waals surface area contributed by atoms with Gasteiger partial charge in [0.05, 0.1) is 29.5 Å². The first-order valence-electron chi connectivity index (χ1n) is 5.06. The van der Waals surface area contributed by atoms with Gasteiger partial charge in [0.25, 0.3) is 0 Å². The number of halogens is 1. The molecule has 17 heavy (non-hydrogen) atoms.